The molecule has 0 fully saturated rings. The summed E-state index contributed by atoms with van der Waals surface area (Å²) in [6, 6.07) is 15.1. The predicted molar refractivity (Wildman–Crippen MR) is 78.2 cm³/mol. The highest BCUT2D eigenvalue weighted by Crippen LogP contribution is 2.21. The molecule has 5 nitrogen and oxygen atoms in total. The normalized spacial score (nSPS) is 10.7. The van der Waals surface area contributed by atoms with Crippen molar-refractivity contribution in [1.82, 2.24) is 20.2 Å². The summed E-state index contributed by atoms with van der Waals surface area (Å²) in [5.41, 5.74) is 8.31. The molecule has 0 aliphatic rings. The number of tetrazole rings is 1. The Hall–Kier alpha value is -2.40. The Morgan fingerprint density at radius 3 is 2.75 bits per heavy atom. The lowest BCUT2D eigenvalue weighted by molar-refractivity contribution is 0.653. The number of nitrogen functional groups attached to an aromatic ring is 1. The van der Waals surface area contributed by atoms with E-state index in [1.54, 1.807) is 4.68 Å². The summed E-state index contributed by atoms with van der Waals surface area (Å²) in [4.78, 5) is 0. The van der Waals surface area contributed by atoms with Gasteiger partial charge in [-0.05, 0) is 34.2 Å². The predicted octanol–water partition coefficient (Wildman–Crippen LogP) is 2.62. The largest absolute Gasteiger partial charge is 0.399 e. The summed E-state index contributed by atoms with van der Waals surface area (Å²) >= 11 is 6.16. The van der Waals surface area contributed by atoms with E-state index in [0.29, 0.717) is 23.1 Å². The Labute approximate surface area is 121 Å². The second-order valence-corrected chi connectivity index (χ2v) is 4.78. The fraction of sp³-hybridized carbons (Fsp3) is 0.0714. The maximum Gasteiger partial charge on any atom is 0.182 e. The van der Waals surface area contributed by atoms with E-state index in [2.05, 4.69) is 15.5 Å². The Balaban J connectivity index is 1.97. The zero-order valence-electron chi connectivity index (χ0n) is 10.6. The first-order chi connectivity index (χ1) is 9.74. The van der Waals surface area contributed by atoms with E-state index in [-0.39, 0.29) is 0 Å². The van der Waals surface area contributed by atoms with E-state index in [0.717, 1.165) is 11.1 Å². The first kappa shape index (κ1) is 12.6. The number of nitrogens with zero attached hydrogens (tertiary/aromatic N) is 4. The number of aromatic nitrogens is 4. The van der Waals surface area contributed by atoms with Gasteiger partial charge in [0.15, 0.2) is 5.82 Å². The maximum atomic E-state index is 6.16. The molecule has 0 aliphatic heterocycles. The molecule has 0 saturated carbocycles. The number of nitrogens with two attached hydrogens (primary N) is 1. The molecule has 0 atom stereocenters. The second-order valence-electron chi connectivity index (χ2n) is 4.38. The molecule has 0 bridgehead atoms. The number of halogens is 1. The standard InChI is InChI=1S/C14H12ClN5/c15-13-7-2-1-4-11(13)9-20-14(17-18-19-20)10-5-3-6-12(16)8-10/h1-8H,9,16H2. The third kappa shape index (κ3) is 2.48. The molecule has 2 aromatic carbocycles. The first-order valence-corrected chi connectivity index (χ1v) is 6.47. The summed E-state index contributed by atoms with van der Waals surface area (Å²) < 4.78 is 1.70. The monoisotopic (exact) mass is 285 g/mol. The van der Waals surface area contributed by atoms with Crippen LogP contribution >= 0.6 is 11.6 Å². The van der Waals surface area contributed by atoms with Crippen LogP contribution in [0.4, 0.5) is 5.69 Å². The van der Waals surface area contributed by atoms with Crippen LogP contribution in [0.3, 0.4) is 0 Å². The van der Waals surface area contributed by atoms with E-state index in [1.807, 2.05) is 48.5 Å². The molecule has 3 rings (SSSR count). The van der Waals surface area contributed by atoms with Crippen LogP contribution in [0.2, 0.25) is 5.02 Å². The average molecular weight is 286 g/mol. The number of anilines is 1. The minimum Gasteiger partial charge on any atom is -0.399 e. The van der Waals surface area contributed by atoms with Gasteiger partial charge >= 0.3 is 0 Å². The summed E-state index contributed by atoms with van der Waals surface area (Å²) in [5.74, 6) is 0.664. The molecule has 2 N–H and O–H groups in total. The molecule has 0 unspecified atom stereocenters. The molecule has 0 saturated heterocycles. The summed E-state index contributed by atoms with van der Waals surface area (Å²) in [6.45, 7) is 0.511. The van der Waals surface area contributed by atoms with Crippen molar-refractivity contribution in [2.75, 3.05) is 5.73 Å². The quantitative estimate of drug-likeness (QED) is 0.751. The lowest BCUT2D eigenvalue weighted by Gasteiger charge is -2.06. The van der Waals surface area contributed by atoms with Crippen LogP contribution in [-0.4, -0.2) is 20.2 Å². The molecule has 0 radical (unpaired) electrons. The van der Waals surface area contributed by atoms with E-state index in [9.17, 15) is 0 Å². The number of rotatable bonds is 3. The Morgan fingerprint density at radius 1 is 1.10 bits per heavy atom. The highest BCUT2D eigenvalue weighted by molar-refractivity contribution is 6.31. The molecular weight excluding hydrogens is 274 g/mol. The number of hydrogen-bond acceptors (Lipinski definition) is 4. The summed E-state index contributed by atoms with van der Waals surface area (Å²) in [7, 11) is 0. The van der Waals surface area contributed by atoms with Gasteiger partial charge in [0.25, 0.3) is 0 Å². The Kier molecular flexibility index (Phi) is 3.35. The van der Waals surface area contributed by atoms with Crippen molar-refractivity contribution in [2.24, 2.45) is 0 Å². The number of benzene rings is 2. The third-order valence-electron chi connectivity index (χ3n) is 2.95. The van der Waals surface area contributed by atoms with Gasteiger partial charge in [-0.3, -0.25) is 0 Å². The minimum atomic E-state index is 0.511. The zero-order chi connectivity index (χ0) is 13.9. The van der Waals surface area contributed by atoms with Crippen LogP contribution < -0.4 is 5.73 Å². The Morgan fingerprint density at radius 2 is 1.95 bits per heavy atom. The van der Waals surface area contributed by atoms with Gasteiger partial charge < -0.3 is 5.73 Å². The molecule has 0 spiro atoms. The molecule has 20 heavy (non-hydrogen) atoms. The molecule has 6 heteroatoms. The second kappa shape index (κ2) is 5.30. The lowest BCUT2D eigenvalue weighted by Crippen LogP contribution is -2.05. The van der Waals surface area contributed by atoms with Gasteiger partial charge in [-0.1, -0.05) is 41.9 Å². The Bertz CT molecular complexity index is 738. The van der Waals surface area contributed by atoms with Crippen molar-refractivity contribution < 1.29 is 0 Å². The van der Waals surface area contributed by atoms with Crippen molar-refractivity contribution in [1.29, 1.82) is 0 Å². The van der Waals surface area contributed by atoms with E-state index in [1.165, 1.54) is 0 Å². The molecule has 0 amide bonds. The van der Waals surface area contributed by atoms with Crippen LogP contribution in [0.1, 0.15) is 5.56 Å². The van der Waals surface area contributed by atoms with E-state index < -0.39 is 0 Å². The van der Waals surface area contributed by atoms with Crippen LogP contribution in [0.25, 0.3) is 11.4 Å². The van der Waals surface area contributed by atoms with Gasteiger partial charge in [0, 0.05) is 16.3 Å². The number of hydrogen-bond donors (Lipinski definition) is 1. The highest BCUT2D eigenvalue weighted by Gasteiger charge is 2.10. The SMILES string of the molecule is Nc1cccc(-c2nnnn2Cc2ccccc2Cl)c1. The van der Waals surface area contributed by atoms with Crippen molar-refractivity contribution in [3.05, 3.63) is 59.1 Å². The van der Waals surface area contributed by atoms with Crippen LogP contribution in [-0.2, 0) is 6.54 Å². The van der Waals surface area contributed by atoms with E-state index in [4.69, 9.17) is 17.3 Å². The molecule has 3 aromatic rings. The van der Waals surface area contributed by atoms with Gasteiger partial charge in [-0.25, -0.2) is 4.68 Å². The smallest absolute Gasteiger partial charge is 0.182 e. The minimum absolute atomic E-state index is 0.511. The molecule has 1 heterocycles. The average Bonchev–Trinajstić information content (AvgIpc) is 2.90. The van der Waals surface area contributed by atoms with Gasteiger partial charge in [0.05, 0.1) is 6.54 Å². The van der Waals surface area contributed by atoms with Crippen molar-refractivity contribution in [2.45, 2.75) is 6.54 Å². The van der Waals surface area contributed by atoms with Crippen molar-refractivity contribution >= 4 is 17.3 Å². The fourth-order valence-electron chi connectivity index (χ4n) is 1.98. The van der Waals surface area contributed by atoms with Crippen LogP contribution in [0, 0.1) is 0 Å². The molecule has 0 aliphatic carbocycles. The summed E-state index contributed by atoms with van der Waals surface area (Å²) in [5, 5.41) is 12.5. The summed E-state index contributed by atoms with van der Waals surface area (Å²) in [6.07, 6.45) is 0. The highest BCUT2D eigenvalue weighted by atomic mass is 35.5. The van der Waals surface area contributed by atoms with E-state index >= 15 is 0 Å². The first-order valence-electron chi connectivity index (χ1n) is 6.09. The van der Waals surface area contributed by atoms with Crippen molar-refractivity contribution in [3.8, 4) is 11.4 Å². The maximum absolute atomic E-state index is 6.16. The van der Waals surface area contributed by atoms with Crippen molar-refractivity contribution in [3.63, 3.8) is 0 Å². The lowest BCUT2D eigenvalue weighted by atomic mass is 10.2. The van der Waals surface area contributed by atoms with Gasteiger partial charge in [0.1, 0.15) is 0 Å². The van der Waals surface area contributed by atoms with Gasteiger partial charge in [-0.15, -0.1) is 5.10 Å². The zero-order valence-corrected chi connectivity index (χ0v) is 11.3. The fourth-order valence-corrected chi connectivity index (χ4v) is 2.18. The topological polar surface area (TPSA) is 69.6 Å². The molecule has 1 aromatic heterocycles. The van der Waals surface area contributed by atoms with Crippen LogP contribution in [0.15, 0.2) is 48.5 Å². The third-order valence-corrected chi connectivity index (χ3v) is 3.32. The van der Waals surface area contributed by atoms with Gasteiger partial charge in [0.2, 0.25) is 0 Å². The van der Waals surface area contributed by atoms with Gasteiger partial charge in [-0.2, -0.15) is 0 Å². The van der Waals surface area contributed by atoms with Crippen LogP contribution in [0.5, 0.6) is 0 Å². The molecular formula is C14H12ClN5. The molecule has 100 valence electrons.